The Bertz CT molecular complexity index is 1140. The van der Waals surface area contributed by atoms with Crippen molar-refractivity contribution in [2.24, 2.45) is 5.92 Å². The lowest BCUT2D eigenvalue weighted by Crippen LogP contribution is -2.63. The Morgan fingerprint density at radius 1 is 1.32 bits per heavy atom. The van der Waals surface area contributed by atoms with Gasteiger partial charge in [0.15, 0.2) is 11.4 Å². The van der Waals surface area contributed by atoms with Crippen LogP contribution in [0.3, 0.4) is 0 Å². The Kier molecular flexibility index (Phi) is 5.38. The molecular formula is C21H22ClFN4O4. The van der Waals surface area contributed by atoms with Crippen LogP contribution in [0.4, 0.5) is 4.39 Å². The second-order valence-electron chi connectivity index (χ2n) is 8.03. The molecule has 1 saturated heterocycles. The Morgan fingerprint density at radius 3 is 2.77 bits per heavy atom. The second kappa shape index (κ2) is 7.88. The molecule has 1 aromatic carbocycles. The van der Waals surface area contributed by atoms with Gasteiger partial charge in [-0.25, -0.2) is 4.39 Å². The lowest BCUT2D eigenvalue weighted by molar-refractivity contribution is 0.0566. The topological polar surface area (TPSA) is 94.9 Å². The minimum Gasteiger partial charge on any atom is -0.502 e. The van der Waals surface area contributed by atoms with Gasteiger partial charge < -0.3 is 15.3 Å². The molecular weight excluding hydrogens is 427 g/mol. The van der Waals surface area contributed by atoms with Crippen molar-refractivity contribution in [1.82, 2.24) is 14.9 Å². The first kappa shape index (κ1) is 21.2. The SMILES string of the molecule is C[C@H]1CC[C@H]2N(C)C(=O)c3c(O)c(=O)c(C(=O)NCc4ccc(Cl)cc4F)cn3N2C1. The van der Waals surface area contributed by atoms with Crippen molar-refractivity contribution in [2.75, 3.05) is 18.6 Å². The van der Waals surface area contributed by atoms with Gasteiger partial charge >= 0.3 is 0 Å². The number of hydrogen-bond donors (Lipinski definition) is 2. The third-order valence-corrected chi connectivity index (χ3v) is 6.11. The molecule has 2 atom stereocenters. The molecule has 0 radical (unpaired) electrons. The van der Waals surface area contributed by atoms with E-state index in [-0.39, 0.29) is 34.6 Å². The van der Waals surface area contributed by atoms with Gasteiger partial charge in [0.1, 0.15) is 17.5 Å². The first-order chi connectivity index (χ1) is 14.7. The third-order valence-electron chi connectivity index (χ3n) is 5.87. The Labute approximate surface area is 182 Å². The molecule has 31 heavy (non-hydrogen) atoms. The van der Waals surface area contributed by atoms with E-state index >= 15 is 0 Å². The lowest BCUT2D eigenvalue weighted by atomic mass is 9.97. The highest BCUT2D eigenvalue weighted by atomic mass is 35.5. The van der Waals surface area contributed by atoms with Crippen molar-refractivity contribution < 1.29 is 19.1 Å². The van der Waals surface area contributed by atoms with E-state index in [1.54, 1.807) is 7.05 Å². The summed E-state index contributed by atoms with van der Waals surface area (Å²) in [6.45, 7) is 2.49. The Hall–Kier alpha value is -3.07. The molecule has 2 aliphatic rings. The highest BCUT2D eigenvalue weighted by molar-refractivity contribution is 6.30. The van der Waals surface area contributed by atoms with Gasteiger partial charge in [0, 0.05) is 36.9 Å². The zero-order chi connectivity index (χ0) is 22.4. The van der Waals surface area contributed by atoms with E-state index < -0.39 is 28.8 Å². The highest BCUT2D eigenvalue weighted by Crippen LogP contribution is 2.30. The van der Waals surface area contributed by atoms with Crippen LogP contribution in [0.25, 0.3) is 0 Å². The maximum atomic E-state index is 14.0. The molecule has 0 spiro atoms. The van der Waals surface area contributed by atoms with Gasteiger partial charge in [-0.1, -0.05) is 24.6 Å². The monoisotopic (exact) mass is 448 g/mol. The van der Waals surface area contributed by atoms with Gasteiger partial charge in [0.25, 0.3) is 11.8 Å². The second-order valence-corrected chi connectivity index (χ2v) is 8.47. The Morgan fingerprint density at radius 2 is 2.06 bits per heavy atom. The summed E-state index contributed by atoms with van der Waals surface area (Å²) in [4.78, 5) is 39.7. The van der Waals surface area contributed by atoms with Gasteiger partial charge in [-0.15, -0.1) is 0 Å². The third kappa shape index (κ3) is 3.63. The minimum atomic E-state index is -0.953. The number of amides is 2. The summed E-state index contributed by atoms with van der Waals surface area (Å²) in [5, 5.41) is 15.1. The summed E-state index contributed by atoms with van der Waals surface area (Å²) >= 11 is 5.73. The first-order valence-corrected chi connectivity index (χ1v) is 10.3. The molecule has 0 unspecified atom stereocenters. The molecule has 2 aliphatic heterocycles. The van der Waals surface area contributed by atoms with Crippen molar-refractivity contribution in [2.45, 2.75) is 32.5 Å². The van der Waals surface area contributed by atoms with Crippen LogP contribution in [0, 0.1) is 11.7 Å². The minimum absolute atomic E-state index is 0.168. The number of aromatic hydroxyl groups is 1. The molecule has 1 aromatic heterocycles. The zero-order valence-electron chi connectivity index (χ0n) is 17.1. The molecule has 2 N–H and O–H groups in total. The van der Waals surface area contributed by atoms with Crippen molar-refractivity contribution >= 4 is 23.4 Å². The number of rotatable bonds is 3. The van der Waals surface area contributed by atoms with Crippen LogP contribution in [-0.4, -0.2) is 46.3 Å². The number of carbonyl (C=O) groups excluding carboxylic acids is 2. The van der Waals surface area contributed by atoms with Crippen molar-refractivity contribution in [3.8, 4) is 5.75 Å². The van der Waals surface area contributed by atoms with Gasteiger partial charge in [-0.3, -0.25) is 24.1 Å². The number of nitrogens with zero attached hydrogens (tertiary/aromatic N) is 3. The van der Waals surface area contributed by atoms with Crippen LogP contribution >= 0.6 is 11.6 Å². The average Bonchev–Trinajstić information content (AvgIpc) is 2.73. The lowest BCUT2D eigenvalue weighted by Gasteiger charge is -2.49. The molecule has 2 aromatic rings. The van der Waals surface area contributed by atoms with Crippen molar-refractivity contribution in [3.63, 3.8) is 0 Å². The average molecular weight is 449 g/mol. The van der Waals surface area contributed by atoms with E-state index in [1.807, 2.05) is 5.01 Å². The van der Waals surface area contributed by atoms with E-state index in [4.69, 9.17) is 11.6 Å². The number of aromatic nitrogens is 1. The smallest absolute Gasteiger partial charge is 0.277 e. The normalized spacial score (nSPS) is 20.3. The number of benzene rings is 1. The number of nitrogens with one attached hydrogen (secondary N) is 1. The van der Waals surface area contributed by atoms with Crippen LogP contribution < -0.4 is 15.8 Å². The molecule has 10 heteroatoms. The van der Waals surface area contributed by atoms with Gasteiger partial charge in [0.2, 0.25) is 5.43 Å². The molecule has 4 rings (SSSR count). The number of hydrogen-bond acceptors (Lipinski definition) is 5. The van der Waals surface area contributed by atoms with Crippen molar-refractivity contribution in [3.05, 3.63) is 62.3 Å². The summed E-state index contributed by atoms with van der Waals surface area (Å²) in [7, 11) is 1.63. The molecule has 8 nitrogen and oxygen atoms in total. The van der Waals surface area contributed by atoms with Gasteiger partial charge in [-0.05, 0) is 30.9 Å². The number of fused-ring (bicyclic) bond motifs is 3. The summed E-state index contributed by atoms with van der Waals surface area (Å²) in [5.74, 6) is -2.30. The maximum absolute atomic E-state index is 14.0. The fourth-order valence-electron chi connectivity index (χ4n) is 4.13. The van der Waals surface area contributed by atoms with Gasteiger partial charge in [-0.2, -0.15) is 0 Å². The molecule has 0 bridgehead atoms. The summed E-state index contributed by atoms with van der Waals surface area (Å²) < 4.78 is 15.4. The summed E-state index contributed by atoms with van der Waals surface area (Å²) in [5.41, 5.74) is -1.25. The van der Waals surface area contributed by atoms with Gasteiger partial charge in [0.05, 0.1) is 0 Å². The number of piperidine rings is 1. The molecule has 164 valence electrons. The molecule has 2 amide bonds. The number of pyridine rings is 1. The van der Waals surface area contributed by atoms with E-state index in [0.29, 0.717) is 12.5 Å². The first-order valence-electron chi connectivity index (χ1n) is 9.94. The molecule has 1 fully saturated rings. The van der Waals surface area contributed by atoms with Crippen LogP contribution in [0.15, 0.2) is 29.2 Å². The zero-order valence-corrected chi connectivity index (χ0v) is 17.8. The van der Waals surface area contributed by atoms with Crippen LogP contribution in [-0.2, 0) is 6.54 Å². The molecule has 0 aliphatic carbocycles. The van der Waals surface area contributed by atoms with Crippen LogP contribution in [0.2, 0.25) is 5.02 Å². The van der Waals surface area contributed by atoms with E-state index in [9.17, 15) is 23.9 Å². The predicted molar refractivity (Wildman–Crippen MR) is 112 cm³/mol. The summed E-state index contributed by atoms with van der Waals surface area (Å²) in [6.07, 6.45) is 2.70. The van der Waals surface area contributed by atoms with E-state index in [2.05, 4.69) is 12.2 Å². The molecule has 0 saturated carbocycles. The standard InChI is InChI=1S/C21H22ClFN4O4/c1-11-3-6-16-25(2)21(31)17-19(29)18(28)14(10-27(17)26(16)9-11)20(30)24-8-12-4-5-13(22)7-15(12)23/h4-5,7,10-11,16,29H,3,6,8-9H2,1-2H3,(H,24,30)/t11-,16-/m0/s1. The van der Waals surface area contributed by atoms with E-state index in [1.165, 1.54) is 27.9 Å². The maximum Gasteiger partial charge on any atom is 0.277 e. The summed E-state index contributed by atoms with van der Waals surface area (Å²) in [6, 6.07) is 4.05. The van der Waals surface area contributed by atoms with Crippen LogP contribution in [0.1, 0.15) is 46.2 Å². The fourth-order valence-corrected chi connectivity index (χ4v) is 4.29. The van der Waals surface area contributed by atoms with Crippen molar-refractivity contribution in [1.29, 1.82) is 0 Å². The Balaban J connectivity index is 1.69. The predicted octanol–water partition coefficient (Wildman–Crippen LogP) is 2.06. The highest BCUT2D eigenvalue weighted by Gasteiger charge is 2.41. The van der Waals surface area contributed by atoms with Crippen LogP contribution in [0.5, 0.6) is 5.75 Å². The largest absolute Gasteiger partial charge is 0.502 e. The molecule has 3 heterocycles. The van der Waals surface area contributed by atoms with E-state index in [0.717, 1.165) is 18.9 Å². The fraction of sp³-hybridized carbons (Fsp3) is 0.381. The quantitative estimate of drug-likeness (QED) is 0.749. The number of carbonyl (C=O) groups is 2. The number of halogens is 2.